The molecule has 0 saturated heterocycles. The number of benzene rings is 1. The smallest absolute Gasteiger partial charge is 0.326 e. The number of carboxylic acids is 1. The molecule has 7 heteroatoms. The molecule has 0 aromatic heterocycles. The number of carbonyl (C=O) groups is 3. The van der Waals surface area contributed by atoms with Crippen molar-refractivity contribution in [3.63, 3.8) is 0 Å². The first-order chi connectivity index (χ1) is 10.3. The van der Waals surface area contributed by atoms with E-state index >= 15 is 0 Å². The summed E-state index contributed by atoms with van der Waals surface area (Å²) in [6, 6.07) is 7.03. The molecule has 7 nitrogen and oxygen atoms in total. The zero-order chi connectivity index (χ0) is 16.7. The predicted octanol–water partition coefficient (Wildman–Crippen LogP) is 1.38. The van der Waals surface area contributed by atoms with Crippen LogP contribution in [0, 0.1) is 17.2 Å². The van der Waals surface area contributed by atoms with Crippen molar-refractivity contribution in [2.75, 3.05) is 5.32 Å². The average molecular weight is 303 g/mol. The van der Waals surface area contributed by atoms with Crippen LogP contribution in [0.1, 0.15) is 30.6 Å². The Balaban J connectivity index is 2.93. The first kappa shape index (κ1) is 17.2. The third-order valence-electron chi connectivity index (χ3n) is 2.90. The number of rotatable bonds is 6. The van der Waals surface area contributed by atoms with E-state index in [1.807, 2.05) is 6.07 Å². The van der Waals surface area contributed by atoms with Crippen LogP contribution in [0.15, 0.2) is 24.3 Å². The maximum Gasteiger partial charge on any atom is 0.326 e. The predicted molar refractivity (Wildman–Crippen MR) is 79.0 cm³/mol. The minimum absolute atomic E-state index is 0.000122. The van der Waals surface area contributed by atoms with Gasteiger partial charge in [0.1, 0.15) is 6.04 Å². The van der Waals surface area contributed by atoms with Crippen molar-refractivity contribution in [1.82, 2.24) is 5.32 Å². The third kappa shape index (κ3) is 4.90. The number of nitrogens with zero attached hydrogens (tertiary/aromatic N) is 1. The van der Waals surface area contributed by atoms with Gasteiger partial charge in [-0.15, -0.1) is 0 Å². The van der Waals surface area contributed by atoms with Crippen LogP contribution in [0.5, 0.6) is 0 Å². The second-order valence-corrected chi connectivity index (χ2v) is 4.86. The highest BCUT2D eigenvalue weighted by atomic mass is 16.4. The van der Waals surface area contributed by atoms with Gasteiger partial charge in [0.2, 0.25) is 5.91 Å². The molecule has 0 heterocycles. The van der Waals surface area contributed by atoms with Crippen molar-refractivity contribution in [2.24, 2.45) is 5.92 Å². The first-order valence-corrected chi connectivity index (χ1v) is 6.65. The summed E-state index contributed by atoms with van der Waals surface area (Å²) in [6.45, 7) is 2.89. The van der Waals surface area contributed by atoms with Crippen molar-refractivity contribution in [1.29, 1.82) is 5.26 Å². The van der Waals surface area contributed by atoms with Gasteiger partial charge in [-0.25, -0.2) is 4.79 Å². The molecule has 0 saturated carbocycles. The van der Waals surface area contributed by atoms with Crippen LogP contribution in [-0.4, -0.2) is 28.9 Å². The number of nitriles is 1. The highest BCUT2D eigenvalue weighted by Gasteiger charge is 2.24. The van der Waals surface area contributed by atoms with E-state index in [2.05, 4.69) is 10.6 Å². The molecule has 0 radical (unpaired) electrons. The fraction of sp³-hybridized carbons (Fsp3) is 0.333. The first-order valence-electron chi connectivity index (χ1n) is 6.65. The molecule has 116 valence electrons. The van der Waals surface area contributed by atoms with Gasteiger partial charge in [0.05, 0.1) is 17.3 Å². The monoisotopic (exact) mass is 303 g/mol. The van der Waals surface area contributed by atoms with Gasteiger partial charge in [-0.1, -0.05) is 12.1 Å². The fourth-order valence-electron chi connectivity index (χ4n) is 1.84. The van der Waals surface area contributed by atoms with Gasteiger partial charge in [0.25, 0.3) is 5.91 Å². The highest BCUT2D eigenvalue weighted by molar-refractivity contribution is 6.04. The van der Waals surface area contributed by atoms with Crippen molar-refractivity contribution in [3.05, 3.63) is 29.8 Å². The normalized spacial score (nSPS) is 12.6. The number of amides is 2. The average Bonchev–Trinajstić information content (AvgIpc) is 2.46. The molecule has 1 rings (SSSR count). The van der Waals surface area contributed by atoms with Crippen molar-refractivity contribution in [3.8, 4) is 6.07 Å². The van der Waals surface area contributed by atoms with E-state index in [-0.39, 0.29) is 17.9 Å². The minimum atomic E-state index is -1.22. The van der Waals surface area contributed by atoms with E-state index in [0.717, 1.165) is 0 Å². The number of para-hydroxylation sites is 1. The van der Waals surface area contributed by atoms with Crippen LogP contribution in [0.2, 0.25) is 0 Å². The second kappa shape index (κ2) is 7.78. The zero-order valence-corrected chi connectivity index (χ0v) is 12.3. The fourth-order valence-corrected chi connectivity index (χ4v) is 1.84. The van der Waals surface area contributed by atoms with Gasteiger partial charge >= 0.3 is 5.97 Å². The summed E-state index contributed by atoms with van der Waals surface area (Å²) in [5.74, 6) is -2.69. The summed E-state index contributed by atoms with van der Waals surface area (Å²) < 4.78 is 0. The van der Waals surface area contributed by atoms with Gasteiger partial charge in [-0.3, -0.25) is 9.59 Å². The lowest BCUT2D eigenvalue weighted by molar-refractivity contribution is -0.139. The van der Waals surface area contributed by atoms with E-state index in [1.54, 1.807) is 25.1 Å². The molecule has 0 aliphatic rings. The van der Waals surface area contributed by atoms with E-state index in [0.29, 0.717) is 5.69 Å². The van der Waals surface area contributed by atoms with E-state index in [9.17, 15) is 14.4 Å². The van der Waals surface area contributed by atoms with Gasteiger partial charge in [0.15, 0.2) is 0 Å². The molecule has 0 spiro atoms. The Morgan fingerprint density at radius 3 is 2.50 bits per heavy atom. The zero-order valence-electron chi connectivity index (χ0n) is 12.3. The molecule has 0 unspecified atom stereocenters. The number of nitrogens with one attached hydrogen (secondary N) is 2. The lowest BCUT2D eigenvalue weighted by Crippen LogP contribution is -2.42. The largest absolute Gasteiger partial charge is 0.480 e. The number of carboxylic acid groups (broad SMARTS) is 1. The molecular formula is C15H17N3O4. The van der Waals surface area contributed by atoms with Crippen molar-refractivity contribution < 1.29 is 19.5 Å². The van der Waals surface area contributed by atoms with Crippen LogP contribution in [-0.2, 0) is 9.59 Å². The van der Waals surface area contributed by atoms with E-state index < -0.39 is 23.8 Å². The Bertz CT molecular complexity index is 621. The van der Waals surface area contributed by atoms with Crippen molar-refractivity contribution >= 4 is 23.5 Å². The number of hydrogen-bond donors (Lipinski definition) is 3. The summed E-state index contributed by atoms with van der Waals surface area (Å²) in [4.78, 5) is 34.5. The molecule has 1 aromatic rings. The van der Waals surface area contributed by atoms with E-state index in [1.165, 1.54) is 13.0 Å². The topological polar surface area (TPSA) is 119 Å². The van der Waals surface area contributed by atoms with Gasteiger partial charge in [-0.05, 0) is 25.5 Å². The van der Waals surface area contributed by atoms with Gasteiger partial charge in [0, 0.05) is 12.8 Å². The Morgan fingerprint density at radius 2 is 1.95 bits per heavy atom. The number of carbonyl (C=O) groups excluding carboxylic acids is 2. The van der Waals surface area contributed by atoms with Crippen LogP contribution < -0.4 is 10.6 Å². The Morgan fingerprint density at radius 1 is 1.32 bits per heavy atom. The third-order valence-corrected chi connectivity index (χ3v) is 2.90. The SMILES string of the molecule is CC(=O)Nc1ccccc1C(=O)N[C@@H](C[C@H](C)C#N)C(=O)O. The molecule has 0 aliphatic heterocycles. The molecule has 22 heavy (non-hydrogen) atoms. The maximum absolute atomic E-state index is 12.2. The Labute approximate surface area is 127 Å². The van der Waals surface area contributed by atoms with Crippen LogP contribution in [0.25, 0.3) is 0 Å². The minimum Gasteiger partial charge on any atom is -0.480 e. The number of hydrogen-bond acceptors (Lipinski definition) is 4. The molecule has 2 amide bonds. The number of aliphatic carboxylic acids is 1. The van der Waals surface area contributed by atoms with Crippen molar-refractivity contribution in [2.45, 2.75) is 26.3 Å². The molecular weight excluding hydrogens is 286 g/mol. The molecule has 0 fully saturated rings. The lowest BCUT2D eigenvalue weighted by atomic mass is 10.0. The summed E-state index contributed by atoms with van der Waals surface area (Å²) in [5, 5.41) is 22.8. The van der Waals surface area contributed by atoms with Crippen LogP contribution >= 0.6 is 0 Å². The van der Waals surface area contributed by atoms with E-state index in [4.69, 9.17) is 10.4 Å². The Hall–Kier alpha value is -2.88. The standard InChI is InChI=1S/C15H17N3O4/c1-9(8-16)7-13(15(21)22)18-14(20)11-5-3-4-6-12(11)17-10(2)19/h3-6,9,13H,7H2,1-2H3,(H,17,19)(H,18,20)(H,21,22)/t9-,13-/m0/s1. The molecule has 2 atom stereocenters. The summed E-state index contributed by atoms with van der Waals surface area (Å²) in [6.07, 6.45) is -0.000122. The maximum atomic E-state index is 12.2. The summed E-state index contributed by atoms with van der Waals surface area (Å²) in [7, 11) is 0. The Kier molecular flexibility index (Phi) is 6.08. The summed E-state index contributed by atoms with van der Waals surface area (Å²) >= 11 is 0. The van der Waals surface area contributed by atoms with Gasteiger partial charge in [-0.2, -0.15) is 5.26 Å². The molecule has 0 bridgehead atoms. The molecule has 3 N–H and O–H groups in total. The summed E-state index contributed by atoms with van der Waals surface area (Å²) in [5.41, 5.74) is 0.457. The molecule has 0 aliphatic carbocycles. The second-order valence-electron chi connectivity index (χ2n) is 4.86. The van der Waals surface area contributed by atoms with Crippen LogP contribution in [0.4, 0.5) is 5.69 Å². The quantitative estimate of drug-likeness (QED) is 0.733. The van der Waals surface area contributed by atoms with Crippen LogP contribution in [0.3, 0.4) is 0 Å². The highest BCUT2D eigenvalue weighted by Crippen LogP contribution is 2.16. The van der Waals surface area contributed by atoms with Gasteiger partial charge < -0.3 is 15.7 Å². The molecule has 1 aromatic carbocycles. The lowest BCUT2D eigenvalue weighted by Gasteiger charge is -2.17. The number of anilines is 1.